The Morgan fingerprint density at radius 1 is 1.13 bits per heavy atom. The number of carbonyl (C=O) groups is 1. The highest BCUT2D eigenvalue weighted by Gasteiger charge is 2.32. The molecule has 2 heterocycles. The Labute approximate surface area is 185 Å². The molecule has 4 rings (SSSR count). The van der Waals surface area contributed by atoms with Crippen LogP contribution in [0, 0.1) is 13.8 Å². The average molecular weight is 420 g/mol. The first-order valence-electron chi connectivity index (χ1n) is 11.5. The first-order valence-corrected chi connectivity index (χ1v) is 11.5. The third-order valence-electron chi connectivity index (χ3n) is 6.45. The molecule has 0 N–H and O–H groups in total. The zero-order valence-corrected chi connectivity index (χ0v) is 18.9. The Kier molecular flexibility index (Phi) is 6.59. The molecule has 5 nitrogen and oxygen atoms in total. The lowest BCUT2D eigenvalue weighted by Crippen LogP contribution is -2.31. The quantitative estimate of drug-likeness (QED) is 0.448. The van der Waals surface area contributed by atoms with E-state index in [-0.39, 0.29) is 11.9 Å². The predicted octanol–water partition coefficient (Wildman–Crippen LogP) is 5.59. The van der Waals surface area contributed by atoms with Crippen LogP contribution < -0.4 is 4.74 Å². The highest BCUT2D eigenvalue weighted by molar-refractivity contribution is 5.78. The Morgan fingerprint density at radius 3 is 2.81 bits per heavy atom. The highest BCUT2D eigenvalue weighted by atomic mass is 16.5. The minimum Gasteiger partial charge on any atom is -0.493 e. The van der Waals surface area contributed by atoms with Gasteiger partial charge in [-0.15, -0.1) is 0 Å². The second kappa shape index (κ2) is 9.54. The summed E-state index contributed by atoms with van der Waals surface area (Å²) < 4.78 is 8.37. The number of amides is 1. The van der Waals surface area contributed by atoms with Crippen LogP contribution in [0.5, 0.6) is 5.75 Å². The number of nitrogens with zero attached hydrogens (tertiary/aromatic N) is 3. The lowest BCUT2D eigenvalue weighted by molar-refractivity contribution is -0.131. The van der Waals surface area contributed by atoms with E-state index in [1.54, 1.807) is 0 Å². The third kappa shape index (κ3) is 4.46. The minimum absolute atomic E-state index is 0.0889. The van der Waals surface area contributed by atoms with Gasteiger partial charge in [-0.05, 0) is 68.9 Å². The van der Waals surface area contributed by atoms with E-state index in [1.807, 2.05) is 30.0 Å². The van der Waals surface area contributed by atoms with Crippen LogP contribution in [0.1, 0.15) is 62.0 Å². The normalized spacial score (nSPS) is 16.2. The van der Waals surface area contributed by atoms with Crippen LogP contribution >= 0.6 is 0 Å². The molecule has 0 radical (unpaired) electrons. The molecule has 1 unspecified atom stereocenters. The maximum Gasteiger partial charge on any atom is 0.222 e. The molecule has 1 aliphatic rings. The van der Waals surface area contributed by atoms with E-state index in [0.29, 0.717) is 13.0 Å². The Morgan fingerprint density at radius 2 is 1.97 bits per heavy atom. The van der Waals surface area contributed by atoms with Crippen molar-refractivity contribution in [3.05, 3.63) is 59.4 Å². The van der Waals surface area contributed by atoms with Crippen LogP contribution in [-0.4, -0.2) is 33.5 Å². The molecule has 3 aromatic rings. The second-order valence-corrected chi connectivity index (χ2v) is 8.46. The van der Waals surface area contributed by atoms with Crippen LogP contribution in [0.4, 0.5) is 0 Å². The van der Waals surface area contributed by atoms with Gasteiger partial charge in [0.1, 0.15) is 11.6 Å². The van der Waals surface area contributed by atoms with Gasteiger partial charge >= 0.3 is 0 Å². The molecule has 0 saturated carbocycles. The van der Waals surface area contributed by atoms with Crippen molar-refractivity contribution >= 4 is 16.9 Å². The Hall–Kier alpha value is -2.82. The summed E-state index contributed by atoms with van der Waals surface area (Å²) in [5.41, 5.74) is 4.64. The van der Waals surface area contributed by atoms with E-state index in [2.05, 4.69) is 42.7 Å². The minimum atomic E-state index is 0.0889. The number of rotatable bonds is 8. The number of ether oxygens (including phenoxy) is 1. The van der Waals surface area contributed by atoms with Crippen molar-refractivity contribution in [2.45, 2.75) is 65.5 Å². The number of hydrogen-bond donors (Lipinski definition) is 0. The number of para-hydroxylation sites is 2. The predicted molar refractivity (Wildman–Crippen MR) is 124 cm³/mol. The molecular formula is C26H33N3O2. The van der Waals surface area contributed by atoms with Gasteiger partial charge in [0.25, 0.3) is 0 Å². The summed E-state index contributed by atoms with van der Waals surface area (Å²) in [5.74, 6) is 2.24. The number of likely N-dealkylation sites (tertiary alicyclic amines) is 1. The zero-order chi connectivity index (χ0) is 21.8. The van der Waals surface area contributed by atoms with E-state index in [1.165, 1.54) is 11.1 Å². The molecule has 0 aliphatic carbocycles. The summed E-state index contributed by atoms with van der Waals surface area (Å²) in [7, 11) is 0. The van der Waals surface area contributed by atoms with Crippen molar-refractivity contribution in [2.75, 3.05) is 13.2 Å². The number of unbranched alkanes of at least 4 members (excludes halogenated alkanes) is 1. The first kappa shape index (κ1) is 21.4. The molecule has 1 saturated heterocycles. The van der Waals surface area contributed by atoms with Crippen LogP contribution in [0.3, 0.4) is 0 Å². The number of hydrogen-bond acceptors (Lipinski definition) is 3. The average Bonchev–Trinajstić information content (AvgIpc) is 3.40. The van der Waals surface area contributed by atoms with Crippen molar-refractivity contribution in [1.82, 2.24) is 14.5 Å². The van der Waals surface area contributed by atoms with Gasteiger partial charge in [0, 0.05) is 19.5 Å². The van der Waals surface area contributed by atoms with Crippen molar-refractivity contribution in [3.63, 3.8) is 0 Å². The molecule has 1 aliphatic heterocycles. The zero-order valence-electron chi connectivity index (χ0n) is 18.9. The van der Waals surface area contributed by atoms with Gasteiger partial charge in [-0.3, -0.25) is 4.79 Å². The summed E-state index contributed by atoms with van der Waals surface area (Å²) in [4.78, 5) is 19.5. The highest BCUT2D eigenvalue weighted by Crippen LogP contribution is 2.34. The molecule has 1 atom stereocenters. The van der Waals surface area contributed by atoms with Crippen LogP contribution in [0.15, 0.2) is 42.5 Å². The topological polar surface area (TPSA) is 47.4 Å². The van der Waals surface area contributed by atoms with Crippen LogP contribution in [0.25, 0.3) is 11.0 Å². The molecule has 164 valence electrons. The molecule has 1 fully saturated rings. The number of fused-ring (bicyclic) bond motifs is 1. The van der Waals surface area contributed by atoms with E-state index in [0.717, 1.165) is 61.4 Å². The van der Waals surface area contributed by atoms with Gasteiger partial charge in [-0.1, -0.05) is 31.2 Å². The van der Waals surface area contributed by atoms with E-state index < -0.39 is 0 Å². The number of imidazole rings is 1. The fourth-order valence-corrected chi connectivity index (χ4v) is 4.55. The fraction of sp³-hybridized carbons (Fsp3) is 0.462. The van der Waals surface area contributed by atoms with Gasteiger partial charge in [-0.2, -0.15) is 0 Å². The van der Waals surface area contributed by atoms with Crippen LogP contribution in [0.2, 0.25) is 0 Å². The molecule has 2 aromatic carbocycles. The summed E-state index contributed by atoms with van der Waals surface area (Å²) in [6.07, 6.45) is 4.56. The molecule has 1 aromatic heterocycles. The van der Waals surface area contributed by atoms with Crippen LogP contribution in [-0.2, 0) is 11.3 Å². The van der Waals surface area contributed by atoms with Crippen molar-refractivity contribution in [3.8, 4) is 5.75 Å². The molecule has 31 heavy (non-hydrogen) atoms. The van der Waals surface area contributed by atoms with Crippen molar-refractivity contribution in [2.24, 2.45) is 0 Å². The summed E-state index contributed by atoms with van der Waals surface area (Å²) >= 11 is 0. The standard InChI is InChI=1S/C26H33N3O2/c1-4-25(30)28-17-10-14-23(28)26-27-21-12-5-6-13-22(21)29(26)16-7-8-18-31-24-15-9-11-19(2)20(24)3/h5-6,9,11-13,15,23H,4,7-8,10,14,16-18H2,1-3H3. The maximum absolute atomic E-state index is 12.5. The van der Waals surface area contributed by atoms with E-state index in [4.69, 9.17) is 9.72 Å². The summed E-state index contributed by atoms with van der Waals surface area (Å²) in [5, 5.41) is 0. The van der Waals surface area contributed by atoms with Gasteiger partial charge in [0.05, 0.1) is 23.7 Å². The van der Waals surface area contributed by atoms with Gasteiger partial charge in [-0.25, -0.2) is 4.98 Å². The molecule has 5 heteroatoms. The van der Waals surface area contributed by atoms with Gasteiger partial charge in [0.2, 0.25) is 5.91 Å². The SMILES string of the molecule is CCC(=O)N1CCCC1c1nc2ccccc2n1CCCCOc1cccc(C)c1C. The lowest BCUT2D eigenvalue weighted by Gasteiger charge is -2.25. The Bertz CT molecular complexity index is 1060. The van der Waals surface area contributed by atoms with E-state index in [9.17, 15) is 4.79 Å². The second-order valence-electron chi connectivity index (χ2n) is 8.46. The number of aromatic nitrogens is 2. The molecule has 0 spiro atoms. The van der Waals surface area contributed by atoms with Crippen molar-refractivity contribution in [1.29, 1.82) is 0 Å². The molecule has 1 amide bonds. The molecular weight excluding hydrogens is 386 g/mol. The first-order chi connectivity index (χ1) is 15.1. The largest absolute Gasteiger partial charge is 0.493 e. The Balaban J connectivity index is 1.46. The van der Waals surface area contributed by atoms with Gasteiger partial charge < -0.3 is 14.2 Å². The number of carbonyl (C=O) groups excluding carboxylic acids is 1. The lowest BCUT2D eigenvalue weighted by atomic mass is 10.1. The number of aryl methyl sites for hydroxylation is 2. The summed E-state index contributed by atoms with van der Waals surface area (Å²) in [6, 6.07) is 14.6. The number of benzene rings is 2. The van der Waals surface area contributed by atoms with Gasteiger partial charge in [0.15, 0.2) is 0 Å². The van der Waals surface area contributed by atoms with E-state index >= 15 is 0 Å². The third-order valence-corrected chi connectivity index (χ3v) is 6.45. The van der Waals surface area contributed by atoms with Crippen molar-refractivity contribution < 1.29 is 9.53 Å². The summed E-state index contributed by atoms with van der Waals surface area (Å²) in [6.45, 7) is 8.59. The monoisotopic (exact) mass is 419 g/mol. The molecule has 0 bridgehead atoms. The maximum atomic E-state index is 12.5. The smallest absolute Gasteiger partial charge is 0.222 e. The fourth-order valence-electron chi connectivity index (χ4n) is 4.55.